The number of carbonyl (C=O) groups excluding carboxylic acids is 3. The van der Waals surface area contributed by atoms with Crippen LogP contribution in [-0.4, -0.2) is 76.3 Å². The van der Waals surface area contributed by atoms with Crippen LogP contribution < -0.4 is 10.6 Å². The van der Waals surface area contributed by atoms with Crippen molar-refractivity contribution >= 4 is 53.2 Å². The normalized spacial score (nSPS) is 16.3. The summed E-state index contributed by atoms with van der Waals surface area (Å²) < 4.78 is 0. The number of nitrogens with one attached hydrogen (secondary N) is 2. The molecule has 2 aromatic rings. The number of amides is 3. The summed E-state index contributed by atoms with van der Waals surface area (Å²) in [5.41, 5.74) is 2.41. The zero-order chi connectivity index (χ0) is 21.7. The van der Waals surface area contributed by atoms with Crippen LogP contribution >= 0.6 is 0 Å². The van der Waals surface area contributed by atoms with Crippen LogP contribution in [0.5, 0.6) is 0 Å². The van der Waals surface area contributed by atoms with Gasteiger partial charge in [0.2, 0.25) is 0 Å². The van der Waals surface area contributed by atoms with Crippen LogP contribution in [0.25, 0.3) is 11.1 Å². The number of carbonyl (C=O) groups is 4. The Labute approximate surface area is 201 Å². The second-order valence-electron chi connectivity index (χ2n) is 6.86. The second kappa shape index (κ2) is 10.9. The number of aliphatic carboxylic acids is 1. The molecule has 0 aliphatic carbocycles. The van der Waals surface area contributed by atoms with Gasteiger partial charge in [0.1, 0.15) is 0 Å². The predicted molar refractivity (Wildman–Crippen MR) is 116 cm³/mol. The third-order valence-electron chi connectivity index (χ3n) is 4.70. The number of benzene rings is 2. The molecule has 8 nitrogen and oxygen atoms in total. The Bertz CT molecular complexity index is 1010. The van der Waals surface area contributed by atoms with Crippen molar-refractivity contribution in [3.63, 3.8) is 0 Å². The van der Waals surface area contributed by atoms with E-state index in [1.807, 2.05) is 36.4 Å². The molecule has 0 saturated carbocycles. The third-order valence-corrected chi connectivity index (χ3v) is 4.70. The van der Waals surface area contributed by atoms with Gasteiger partial charge in [0.15, 0.2) is 11.8 Å². The first kappa shape index (κ1) is 24.3. The molecule has 1 unspecified atom stereocenters. The average molecular weight is 431 g/mol. The number of likely N-dealkylation sites (N-methyl/N-ethyl adjacent to an activating group) is 1. The van der Waals surface area contributed by atoms with Crippen molar-refractivity contribution in [2.45, 2.75) is 18.5 Å². The molecule has 3 N–H and O–H groups in total. The molecule has 1 aliphatic heterocycles. The van der Waals surface area contributed by atoms with E-state index in [1.54, 1.807) is 18.2 Å². The van der Waals surface area contributed by atoms with Gasteiger partial charge in [-0.25, -0.2) is 4.79 Å². The molecule has 9 heteroatoms. The Balaban J connectivity index is 0.00000341. The number of carboxylic acid groups (broad SMARTS) is 1. The van der Waals surface area contributed by atoms with Crippen molar-refractivity contribution in [2.24, 2.45) is 0 Å². The number of hydrogen-bond acceptors (Lipinski definition) is 4. The molecule has 0 spiro atoms. The van der Waals surface area contributed by atoms with E-state index in [1.165, 1.54) is 24.2 Å². The van der Waals surface area contributed by atoms with Gasteiger partial charge in [-0.3, -0.25) is 14.4 Å². The van der Waals surface area contributed by atoms with Gasteiger partial charge in [-0.15, -0.1) is 0 Å². The predicted octanol–water partition coefficient (Wildman–Crippen LogP) is 1.44. The summed E-state index contributed by atoms with van der Waals surface area (Å²) in [7, 11) is 1.47. The summed E-state index contributed by atoms with van der Waals surface area (Å²) in [6, 6.07) is 13.7. The van der Waals surface area contributed by atoms with Crippen molar-refractivity contribution in [3.05, 3.63) is 72.4 Å². The molecule has 3 amide bonds. The third kappa shape index (κ3) is 6.27. The maximum absolute atomic E-state index is 12.5. The second-order valence-corrected chi connectivity index (χ2v) is 6.86. The molecule has 1 heterocycles. The van der Waals surface area contributed by atoms with E-state index in [2.05, 4.69) is 10.6 Å². The minimum atomic E-state index is -1.35. The quantitative estimate of drug-likeness (QED) is 0.473. The fraction of sp³-hybridized carbons (Fsp3) is 0.182. The number of urea groups is 1. The molecule has 2 atom stereocenters. The summed E-state index contributed by atoms with van der Waals surface area (Å²) >= 11 is 0. The number of rotatable bonds is 6. The van der Waals surface area contributed by atoms with Crippen molar-refractivity contribution in [1.29, 1.82) is 0 Å². The van der Waals surface area contributed by atoms with E-state index >= 15 is 0 Å². The molecule has 3 rings (SSSR count). The van der Waals surface area contributed by atoms with Crippen LogP contribution in [0.2, 0.25) is 0 Å². The fourth-order valence-electron chi connectivity index (χ4n) is 3.14. The molecule has 31 heavy (non-hydrogen) atoms. The fourth-order valence-corrected chi connectivity index (χ4v) is 3.14. The van der Waals surface area contributed by atoms with E-state index in [0.29, 0.717) is 5.56 Å². The molecule has 0 aromatic heterocycles. The van der Waals surface area contributed by atoms with Crippen LogP contribution in [0.1, 0.15) is 18.0 Å². The van der Waals surface area contributed by atoms with Gasteiger partial charge < -0.3 is 20.6 Å². The van der Waals surface area contributed by atoms with Crippen molar-refractivity contribution in [1.82, 2.24) is 15.5 Å². The summed E-state index contributed by atoms with van der Waals surface area (Å²) in [4.78, 5) is 49.1. The van der Waals surface area contributed by atoms with Gasteiger partial charge in [0.25, 0.3) is 5.91 Å². The van der Waals surface area contributed by atoms with Gasteiger partial charge in [0.05, 0.1) is 12.5 Å². The summed E-state index contributed by atoms with van der Waals surface area (Å²) in [6.45, 7) is 0. The SMILES string of the molecule is CN1C=CC(=O)C(NC(=O)N[C@@H](CC(=O)O)c2cccc(-c3ccccc3)c2)C1=O.[NaH]. The van der Waals surface area contributed by atoms with Crippen LogP contribution in [0, 0.1) is 0 Å². The molecule has 0 bridgehead atoms. The summed E-state index contributed by atoms with van der Waals surface area (Å²) in [5.74, 6) is -2.22. The van der Waals surface area contributed by atoms with Crippen LogP contribution in [0.4, 0.5) is 4.79 Å². The first-order valence-corrected chi connectivity index (χ1v) is 9.28. The van der Waals surface area contributed by atoms with Crippen molar-refractivity contribution in [2.75, 3.05) is 7.05 Å². The molecule has 1 aliphatic rings. The number of nitrogens with zero attached hydrogens (tertiary/aromatic N) is 1. The molecular weight excluding hydrogens is 409 g/mol. The first-order valence-electron chi connectivity index (χ1n) is 9.28. The van der Waals surface area contributed by atoms with E-state index in [-0.39, 0.29) is 36.0 Å². The van der Waals surface area contributed by atoms with Crippen molar-refractivity contribution in [3.8, 4) is 11.1 Å². The minimum absolute atomic E-state index is 0. The number of hydrogen-bond donors (Lipinski definition) is 3. The Morgan fingerprint density at radius 3 is 2.42 bits per heavy atom. The molecule has 2 aromatic carbocycles. The standard InChI is InChI=1S/C22H21N3O5.Na.H/c1-25-11-10-18(26)20(21(25)29)24-22(30)23-17(13-19(27)28)16-9-5-8-15(12-16)14-6-3-2-4-7-14;;/h2-12,17,20H,13H2,1H3,(H,27,28)(H2,23,24,30);;/t17-,20?;;/m0../s1. The molecule has 0 fully saturated rings. The topological polar surface area (TPSA) is 116 Å². The van der Waals surface area contributed by atoms with E-state index < -0.39 is 35.8 Å². The van der Waals surface area contributed by atoms with Gasteiger partial charge in [0, 0.05) is 19.3 Å². The van der Waals surface area contributed by atoms with Gasteiger partial charge in [-0.1, -0.05) is 48.5 Å². The first-order chi connectivity index (χ1) is 14.3. The van der Waals surface area contributed by atoms with E-state index in [0.717, 1.165) is 11.1 Å². The zero-order valence-electron chi connectivity index (χ0n) is 16.2. The van der Waals surface area contributed by atoms with Gasteiger partial charge in [-0.05, 0) is 22.8 Å². The molecular formula is C22H22N3NaO5. The van der Waals surface area contributed by atoms with Crippen LogP contribution in [0.15, 0.2) is 66.9 Å². The van der Waals surface area contributed by atoms with Gasteiger partial charge >= 0.3 is 41.6 Å². The van der Waals surface area contributed by atoms with Crippen LogP contribution in [-0.2, 0) is 14.4 Å². The zero-order valence-corrected chi connectivity index (χ0v) is 16.2. The number of ketones is 1. The molecule has 156 valence electrons. The van der Waals surface area contributed by atoms with Gasteiger partial charge in [-0.2, -0.15) is 0 Å². The monoisotopic (exact) mass is 431 g/mol. The van der Waals surface area contributed by atoms with Crippen LogP contribution in [0.3, 0.4) is 0 Å². The molecule has 0 saturated heterocycles. The number of carboxylic acids is 1. The Kier molecular flexibility index (Phi) is 8.56. The average Bonchev–Trinajstić information content (AvgIpc) is 2.74. The summed E-state index contributed by atoms with van der Waals surface area (Å²) in [5, 5.41) is 14.2. The van der Waals surface area contributed by atoms with Crippen molar-refractivity contribution < 1.29 is 24.3 Å². The van der Waals surface area contributed by atoms with E-state index in [4.69, 9.17) is 0 Å². The Hall–Kier alpha value is -2.94. The summed E-state index contributed by atoms with van der Waals surface area (Å²) in [6.07, 6.45) is 2.16. The Morgan fingerprint density at radius 2 is 1.74 bits per heavy atom. The van der Waals surface area contributed by atoms with E-state index in [9.17, 15) is 24.3 Å². The Morgan fingerprint density at radius 1 is 1.06 bits per heavy atom. The maximum atomic E-state index is 12.5. The molecule has 0 radical (unpaired) electrons.